The summed E-state index contributed by atoms with van der Waals surface area (Å²) in [6.07, 6.45) is 6.46. The fourth-order valence-corrected chi connectivity index (χ4v) is 3.58. The molecular formula is C25H20N8O. The van der Waals surface area contributed by atoms with Gasteiger partial charge in [0, 0.05) is 32.7 Å². The fourth-order valence-electron chi connectivity index (χ4n) is 3.58. The molecule has 0 saturated heterocycles. The molecule has 0 amide bonds. The number of fused-ring (bicyclic) bond motifs is 2. The molecule has 9 heteroatoms. The van der Waals surface area contributed by atoms with E-state index in [1.165, 1.54) is 12.4 Å². The van der Waals surface area contributed by atoms with Crippen molar-refractivity contribution in [2.45, 2.75) is 6.92 Å². The molecule has 166 valence electrons. The van der Waals surface area contributed by atoms with E-state index in [-0.39, 0.29) is 5.75 Å². The zero-order chi connectivity index (χ0) is 23.3. The lowest BCUT2D eigenvalue weighted by Crippen LogP contribution is -1.99. The van der Waals surface area contributed by atoms with Crippen molar-refractivity contribution >= 4 is 45.6 Å². The average molecular weight is 448 g/mol. The van der Waals surface area contributed by atoms with E-state index in [1.54, 1.807) is 12.4 Å². The predicted octanol–water partition coefficient (Wildman–Crippen LogP) is 4.48. The molecule has 0 aliphatic carbocycles. The van der Waals surface area contributed by atoms with Crippen LogP contribution in [0.5, 0.6) is 5.75 Å². The van der Waals surface area contributed by atoms with Crippen molar-refractivity contribution in [1.29, 1.82) is 0 Å². The van der Waals surface area contributed by atoms with Crippen LogP contribution < -0.4 is 10.9 Å². The maximum atomic E-state index is 10.8. The van der Waals surface area contributed by atoms with E-state index < -0.39 is 0 Å². The van der Waals surface area contributed by atoms with Crippen LogP contribution in [-0.2, 0) is 0 Å². The number of phenolic OH excluding ortho intramolecular Hbond substituents is 1. The Labute approximate surface area is 194 Å². The van der Waals surface area contributed by atoms with Gasteiger partial charge in [0.05, 0.1) is 24.8 Å². The third-order valence-electron chi connectivity index (χ3n) is 5.20. The third kappa shape index (κ3) is 4.35. The first-order chi connectivity index (χ1) is 16.7. The van der Waals surface area contributed by atoms with E-state index in [2.05, 4.69) is 41.4 Å². The molecule has 0 saturated carbocycles. The van der Waals surface area contributed by atoms with Crippen molar-refractivity contribution in [2.24, 2.45) is 10.2 Å². The Morgan fingerprint density at radius 2 is 1.21 bits per heavy atom. The van der Waals surface area contributed by atoms with Crippen LogP contribution in [0.4, 0.5) is 11.6 Å². The summed E-state index contributed by atoms with van der Waals surface area (Å²) in [4.78, 5) is 0. The number of aromatic nitrogens is 4. The van der Waals surface area contributed by atoms with Crippen molar-refractivity contribution < 1.29 is 5.11 Å². The number of phenols is 1. The quantitative estimate of drug-likeness (QED) is 0.259. The number of nitrogens with one attached hydrogen (secondary N) is 2. The fraction of sp³-hybridized carbons (Fsp3) is 0.0400. The van der Waals surface area contributed by atoms with E-state index in [1.807, 2.05) is 67.6 Å². The third-order valence-corrected chi connectivity index (χ3v) is 5.20. The second kappa shape index (κ2) is 9.29. The van der Waals surface area contributed by atoms with Gasteiger partial charge < -0.3 is 5.11 Å². The molecule has 2 aromatic heterocycles. The van der Waals surface area contributed by atoms with E-state index in [9.17, 15) is 5.11 Å². The van der Waals surface area contributed by atoms with Crippen LogP contribution in [-0.4, -0.2) is 37.9 Å². The Hall–Kier alpha value is -4.92. The number of hydrogen-bond acceptors (Lipinski definition) is 9. The maximum absolute atomic E-state index is 10.8. The number of nitrogens with zero attached hydrogens (tertiary/aromatic N) is 6. The highest BCUT2D eigenvalue weighted by molar-refractivity contribution is 5.95. The smallest absolute Gasteiger partial charge is 0.176 e. The van der Waals surface area contributed by atoms with Gasteiger partial charge in [-0.2, -0.15) is 20.4 Å². The van der Waals surface area contributed by atoms with Gasteiger partial charge in [-0.25, -0.2) is 0 Å². The van der Waals surface area contributed by atoms with Gasteiger partial charge in [-0.3, -0.25) is 10.9 Å². The summed E-state index contributed by atoms with van der Waals surface area (Å²) >= 11 is 0. The summed E-state index contributed by atoms with van der Waals surface area (Å²) < 4.78 is 0. The van der Waals surface area contributed by atoms with E-state index in [0.717, 1.165) is 27.1 Å². The van der Waals surface area contributed by atoms with Gasteiger partial charge in [-0.15, -0.1) is 10.2 Å². The standard InChI is InChI=1S/C25H20N8O/c1-16-10-19(14-28-32-24-21-8-4-2-6-17(21)12-26-30-24)23(34)20(11-16)15-29-33-25-22-9-5-3-7-18(22)13-27-31-25/h2-15,34H,1H3,(H,30,32)(H,31,33). The zero-order valence-corrected chi connectivity index (χ0v) is 18.2. The largest absolute Gasteiger partial charge is 0.507 e. The molecule has 0 unspecified atom stereocenters. The SMILES string of the molecule is Cc1cc(C=NNc2nncc3ccccc23)c(O)c(C=NNc2nncc3ccccc23)c1. The summed E-state index contributed by atoms with van der Waals surface area (Å²) in [5, 5.41) is 39.2. The van der Waals surface area contributed by atoms with Crippen LogP contribution in [0.3, 0.4) is 0 Å². The van der Waals surface area contributed by atoms with Crippen molar-refractivity contribution in [3.63, 3.8) is 0 Å². The molecule has 0 bridgehead atoms. The molecule has 0 radical (unpaired) electrons. The van der Waals surface area contributed by atoms with Crippen LogP contribution in [0.25, 0.3) is 21.5 Å². The number of aryl methyl sites for hydroxylation is 1. The van der Waals surface area contributed by atoms with Gasteiger partial charge in [-0.1, -0.05) is 48.5 Å². The number of rotatable bonds is 6. The molecule has 3 aromatic carbocycles. The minimum atomic E-state index is 0.0507. The Bertz CT molecular complexity index is 1420. The minimum absolute atomic E-state index is 0.0507. The number of anilines is 2. The minimum Gasteiger partial charge on any atom is -0.507 e. The number of benzene rings is 3. The summed E-state index contributed by atoms with van der Waals surface area (Å²) in [6.45, 7) is 1.93. The maximum Gasteiger partial charge on any atom is 0.176 e. The molecule has 0 aliphatic heterocycles. The average Bonchev–Trinajstić information content (AvgIpc) is 2.87. The Morgan fingerprint density at radius 3 is 1.71 bits per heavy atom. The molecule has 34 heavy (non-hydrogen) atoms. The highest BCUT2D eigenvalue weighted by Crippen LogP contribution is 2.23. The topological polar surface area (TPSA) is 121 Å². The van der Waals surface area contributed by atoms with Crippen LogP contribution in [0, 0.1) is 6.92 Å². The summed E-state index contributed by atoms with van der Waals surface area (Å²) in [5.74, 6) is 1.11. The second-order valence-corrected chi connectivity index (χ2v) is 7.59. The lowest BCUT2D eigenvalue weighted by atomic mass is 10.1. The van der Waals surface area contributed by atoms with Crippen molar-refractivity contribution in [3.05, 3.63) is 89.7 Å². The highest BCUT2D eigenvalue weighted by Gasteiger charge is 2.07. The number of hydrogen-bond donors (Lipinski definition) is 3. The van der Waals surface area contributed by atoms with Gasteiger partial charge in [0.2, 0.25) is 0 Å². The molecular weight excluding hydrogens is 428 g/mol. The van der Waals surface area contributed by atoms with Crippen molar-refractivity contribution in [3.8, 4) is 5.75 Å². The number of hydrazone groups is 2. The van der Waals surface area contributed by atoms with Crippen molar-refractivity contribution in [2.75, 3.05) is 10.9 Å². The first-order valence-corrected chi connectivity index (χ1v) is 10.5. The molecule has 5 rings (SSSR count). The van der Waals surface area contributed by atoms with E-state index >= 15 is 0 Å². The van der Waals surface area contributed by atoms with Gasteiger partial charge in [0.1, 0.15) is 5.75 Å². The van der Waals surface area contributed by atoms with Crippen LogP contribution in [0.2, 0.25) is 0 Å². The first kappa shape index (κ1) is 21.0. The Kier molecular flexibility index (Phi) is 5.73. The highest BCUT2D eigenvalue weighted by atomic mass is 16.3. The summed E-state index contributed by atoms with van der Waals surface area (Å²) in [7, 11) is 0. The zero-order valence-electron chi connectivity index (χ0n) is 18.2. The Balaban J connectivity index is 1.36. The summed E-state index contributed by atoms with van der Waals surface area (Å²) in [5.41, 5.74) is 7.82. The van der Waals surface area contributed by atoms with Gasteiger partial charge in [0.25, 0.3) is 0 Å². The van der Waals surface area contributed by atoms with Gasteiger partial charge in [-0.05, 0) is 24.6 Å². The monoisotopic (exact) mass is 448 g/mol. The molecule has 2 heterocycles. The molecule has 3 N–H and O–H groups in total. The van der Waals surface area contributed by atoms with Gasteiger partial charge in [0.15, 0.2) is 11.6 Å². The van der Waals surface area contributed by atoms with Gasteiger partial charge >= 0.3 is 0 Å². The predicted molar refractivity (Wildman–Crippen MR) is 134 cm³/mol. The molecule has 9 nitrogen and oxygen atoms in total. The van der Waals surface area contributed by atoms with E-state index in [0.29, 0.717) is 22.8 Å². The second-order valence-electron chi connectivity index (χ2n) is 7.59. The molecule has 0 fully saturated rings. The molecule has 0 atom stereocenters. The first-order valence-electron chi connectivity index (χ1n) is 10.5. The van der Waals surface area contributed by atoms with E-state index in [4.69, 9.17) is 0 Å². The normalized spacial score (nSPS) is 11.6. The molecule has 0 spiro atoms. The number of aromatic hydroxyl groups is 1. The van der Waals surface area contributed by atoms with Crippen molar-refractivity contribution in [1.82, 2.24) is 20.4 Å². The molecule has 5 aromatic rings. The Morgan fingerprint density at radius 1 is 0.735 bits per heavy atom. The summed E-state index contributed by atoms with van der Waals surface area (Å²) in [6, 6.07) is 19.2. The van der Waals surface area contributed by atoms with Crippen LogP contribution >= 0.6 is 0 Å². The van der Waals surface area contributed by atoms with Crippen LogP contribution in [0.15, 0.2) is 83.3 Å². The molecule has 0 aliphatic rings. The van der Waals surface area contributed by atoms with Crippen LogP contribution in [0.1, 0.15) is 16.7 Å². The lowest BCUT2D eigenvalue weighted by molar-refractivity contribution is 0.473. The lowest BCUT2D eigenvalue weighted by Gasteiger charge is -2.07.